The van der Waals surface area contributed by atoms with Crippen molar-refractivity contribution in [3.8, 4) is 0 Å². The molecule has 0 aromatic heterocycles. The summed E-state index contributed by atoms with van der Waals surface area (Å²) in [6.45, 7) is 8.87. The molecule has 0 aliphatic carbocycles. The first kappa shape index (κ1) is 11.3. The Morgan fingerprint density at radius 3 is 2.00 bits per heavy atom. The summed E-state index contributed by atoms with van der Waals surface area (Å²) in [6.07, 6.45) is 5.63. The molecule has 0 spiro atoms. The average molecular weight is 147 g/mol. The monoisotopic (exact) mass is 147 g/mol. The number of hydrogen-bond donors (Lipinski definition) is 1. The molecule has 1 heterocycles. The first-order chi connectivity index (χ1) is 4.41. The molecule has 0 amide bonds. The third kappa shape index (κ3) is 3.47. The van der Waals surface area contributed by atoms with Gasteiger partial charge in [0.05, 0.1) is 0 Å². The molecule has 1 nitrogen and oxygen atoms in total. The van der Waals surface area contributed by atoms with E-state index in [-0.39, 0.29) is 29.9 Å². The van der Waals surface area contributed by atoms with Crippen LogP contribution in [-0.2, 0) is 0 Å². The van der Waals surface area contributed by atoms with E-state index in [1.807, 2.05) is 0 Å². The van der Waals surface area contributed by atoms with Crippen LogP contribution in [-0.4, -0.2) is 29.9 Å². The first-order valence-electron chi connectivity index (χ1n) is 3.88. The predicted molar refractivity (Wildman–Crippen MR) is 52.2 cm³/mol. The van der Waals surface area contributed by atoms with Crippen LogP contribution in [0.1, 0.15) is 34.1 Å². The minimum absolute atomic E-state index is 0. The Morgan fingerprint density at radius 2 is 1.73 bits per heavy atom. The van der Waals surface area contributed by atoms with Crippen molar-refractivity contribution in [2.45, 2.75) is 45.2 Å². The molecule has 1 rings (SSSR count). The van der Waals surface area contributed by atoms with Crippen LogP contribution in [0.25, 0.3) is 0 Å². The van der Waals surface area contributed by atoms with E-state index < -0.39 is 0 Å². The Kier molecular flexibility index (Phi) is 3.44. The molecule has 0 unspecified atom stereocenters. The summed E-state index contributed by atoms with van der Waals surface area (Å²) in [5, 5.41) is 3.55. The van der Waals surface area contributed by atoms with Crippen molar-refractivity contribution in [3.05, 3.63) is 12.2 Å². The van der Waals surface area contributed by atoms with Crippen LogP contribution in [0.3, 0.4) is 0 Å². The molecule has 1 aliphatic rings. The molecule has 0 saturated heterocycles. The van der Waals surface area contributed by atoms with Crippen molar-refractivity contribution >= 4 is 18.9 Å². The van der Waals surface area contributed by atoms with Gasteiger partial charge in [-0.25, -0.2) is 0 Å². The molecule has 60 valence electrons. The van der Waals surface area contributed by atoms with Crippen LogP contribution in [0.5, 0.6) is 0 Å². The fourth-order valence-corrected chi connectivity index (χ4v) is 1.61. The molecular weight excluding hydrogens is 129 g/mol. The summed E-state index contributed by atoms with van der Waals surface area (Å²) in [5.41, 5.74) is 0.458. The molecule has 0 bridgehead atoms. The summed E-state index contributed by atoms with van der Waals surface area (Å²) in [6, 6.07) is 0. The SMILES string of the molecule is CC1(C)C=CCC(C)(C)N1.[LiH]. The van der Waals surface area contributed by atoms with E-state index >= 15 is 0 Å². The Balaban J connectivity index is 0.000001000. The third-order valence-electron chi connectivity index (χ3n) is 1.82. The molecule has 11 heavy (non-hydrogen) atoms. The first-order valence-corrected chi connectivity index (χ1v) is 3.88. The minimum atomic E-state index is 0. The van der Waals surface area contributed by atoms with Gasteiger partial charge in [0.25, 0.3) is 0 Å². The second kappa shape index (κ2) is 3.35. The van der Waals surface area contributed by atoms with Crippen LogP contribution in [0.2, 0.25) is 0 Å². The Morgan fingerprint density at radius 1 is 1.18 bits per heavy atom. The van der Waals surface area contributed by atoms with Crippen molar-refractivity contribution in [1.29, 1.82) is 0 Å². The van der Waals surface area contributed by atoms with Gasteiger partial charge in [0.15, 0.2) is 0 Å². The third-order valence-corrected chi connectivity index (χ3v) is 1.82. The molecule has 1 aliphatic heterocycles. The molecular formula is C9H18LiN. The molecule has 0 atom stereocenters. The second-order valence-corrected chi connectivity index (χ2v) is 4.34. The van der Waals surface area contributed by atoms with Gasteiger partial charge in [-0.1, -0.05) is 12.2 Å². The topological polar surface area (TPSA) is 12.0 Å². The van der Waals surface area contributed by atoms with E-state index in [1.54, 1.807) is 0 Å². The van der Waals surface area contributed by atoms with Gasteiger partial charge in [-0.15, -0.1) is 0 Å². The molecule has 0 fully saturated rings. The molecule has 0 aromatic rings. The Hall–Kier alpha value is 0.297. The summed E-state index contributed by atoms with van der Waals surface area (Å²) in [7, 11) is 0. The van der Waals surface area contributed by atoms with Crippen LogP contribution in [0.15, 0.2) is 12.2 Å². The van der Waals surface area contributed by atoms with Gasteiger partial charge in [0.2, 0.25) is 0 Å². The van der Waals surface area contributed by atoms with E-state index in [0.29, 0.717) is 0 Å². The van der Waals surface area contributed by atoms with Crippen LogP contribution in [0, 0.1) is 0 Å². The zero-order chi connectivity index (χ0) is 7.83. The average Bonchev–Trinajstić information content (AvgIpc) is 1.56. The van der Waals surface area contributed by atoms with E-state index in [2.05, 4.69) is 45.2 Å². The normalized spacial score (nSPS) is 25.8. The van der Waals surface area contributed by atoms with E-state index in [4.69, 9.17) is 0 Å². The van der Waals surface area contributed by atoms with Crippen LogP contribution < -0.4 is 5.32 Å². The molecule has 0 aromatic carbocycles. The van der Waals surface area contributed by atoms with Crippen LogP contribution in [0.4, 0.5) is 0 Å². The van der Waals surface area contributed by atoms with Crippen molar-refractivity contribution in [2.24, 2.45) is 0 Å². The molecule has 0 radical (unpaired) electrons. The van der Waals surface area contributed by atoms with Gasteiger partial charge < -0.3 is 5.32 Å². The second-order valence-electron chi connectivity index (χ2n) is 4.34. The Labute approximate surface area is 81.8 Å². The Bertz CT molecular complexity index is 159. The van der Waals surface area contributed by atoms with Crippen molar-refractivity contribution in [3.63, 3.8) is 0 Å². The van der Waals surface area contributed by atoms with Gasteiger partial charge in [-0.2, -0.15) is 0 Å². The van der Waals surface area contributed by atoms with Gasteiger partial charge in [-0.3, -0.25) is 0 Å². The van der Waals surface area contributed by atoms with Crippen molar-refractivity contribution in [1.82, 2.24) is 5.32 Å². The molecule has 1 N–H and O–H groups in total. The van der Waals surface area contributed by atoms with Gasteiger partial charge in [-0.05, 0) is 34.1 Å². The summed E-state index contributed by atoms with van der Waals surface area (Å²) in [5.74, 6) is 0. The maximum atomic E-state index is 3.55. The van der Waals surface area contributed by atoms with Gasteiger partial charge >= 0.3 is 18.9 Å². The zero-order valence-corrected chi connectivity index (χ0v) is 7.36. The van der Waals surface area contributed by atoms with Crippen molar-refractivity contribution < 1.29 is 0 Å². The zero-order valence-electron chi connectivity index (χ0n) is 7.36. The molecule has 0 saturated carbocycles. The van der Waals surface area contributed by atoms with E-state index in [1.165, 1.54) is 0 Å². The fourth-order valence-electron chi connectivity index (χ4n) is 1.61. The summed E-state index contributed by atoms with van der Waals surface area (Å²) >= 11 is 0. The van der Waals surface area contributed by atoms with Crippen LogP contribution >= 0.6 is 0 Å². The van der Waals surface area contributed by atoms with Gasteiger partial charge in [0.1, 0.15) is 0 Å². The standard InChI is InChI=1S/C9H17N.Li.H/c1-8(2)6-5-7-9(3,4)10-8;;/h5-6,10H,7H2,1-4H3;;. The number of nitrogens with one attached hydrogen (secondary N) is 1. The molecule has 2 heteroatoms. The fraction of sp³-hybridized carbons (Fsp3) is 0.778. The quantitative estimate of drug-likeness (QED) is 0.404. The number of rotatable bonds is 0. The van der Waals surface area contributed by atoms with Crippen molar-refractivity contribution in [2.75, 3.05) is 0 Å². The van der Waals surface area contributed by atoms with E-state index in [0.717, 1.165) is 6.42 Å². The summed E-state index contributed by atoms with van der Waals surface area (Å²) in [4.78, 5) is 0. The maximum absolute atomic E-state index is 3.55. The van der Waals surface area contributed by atoms with E-state index in [9.17, 15) is 0 Å². The predicted octanol–water partition coefficient (Wildman–Crippen LogP) is 1.44. The number of hydrogen-bond acceptors (Lipinski definition) is 1. The van der Waals surface area contributed by atoms with Gasteiger partial charge in [0, 0.05) is 11.1 Å². The summed E-state index contributed by atoms with van der Waals surface area (Å²) < 4.78 is 0.